The quantitative estimate of drug-likeness (QED) is 0.713. The zero-order valence-electron chi connectivity index (χ0n) is 8.40. The summed E-state index contributed by atoms with van der Waals surface area (Å²) in [4.78, 5) is 0. The fourth-order valence-corrected chi connectivity index (χ4v) is 1.60. The van der Waals surface area contributed by atoms with Crippen LogP contribution in [0.5, 0.6) is 0 Å². The predicted octanol–water partition coefficient (Wildman–Crippen LogP) is 2.86. The van der Waals surface area contributed by atoms with Gasteiger partial charge in [-0.15, -0.1) is 0 Å². The summed E-state index contributed by atoms with van der Waals surface area (Å²) in [5, 5.41) is 3.39. The zero-order valence-corrected chi connectivity index (χ0v) is 8.40. The minimum absolute atomic E-state index is 0.430. The Bertz CT molecular complexity index is 339. The van der Waals surface area contributed by atoms with E-state index < -0.39 is 0 Å². The van der Waals surface area contributed by atoms with E-state index in [0.29, 0.717) is 6.04 Å². The average molecular weight is 185 g/mol. The molecular weight excluding hydrogens is 170 g/mol. The summed E-state index contributed by atoms with van der Waals surface area (Å²) >= 11 is 0. The van der Waals surface area contributed by atoms with Gasteiger partial charge in [0.25, 0.3) is 0 Å². The van der Waals surface area contributed by atoms with Gasteiger partial charge in [0, 0.05) is 12.2 Å². The lowest BCUT2D eigenvalue weighted by Gasteiger charge is -2.13. The van der Waals surface area contributed by atoms with Crippen molar-refractivity contribution in [3.05, 3.63) is 59.9 Å². The number of hydrogen-bond acceptors (Lipinski definition) is 1. The second-order valence-corrected chi connectivity index (χ2v) is 3.62. The lowest BCUT2D eigenvalue weighted by Crippen LogP contribution is -2.22. The van der Waals surface area contributed by atoms with E-state index in [1.807, 2.05) is 0 Å². The van der Waals surface area contributed by atoms with Gasteiger partial charge in [0.1, 0.15) is 0 Å². The Labute approximate surface area is 85.2 Å². The van der Waals surface area contributed by atoms with E-state index in [0.717, 1.165) is 6.42 Å². The maximum absolute atomic E-state index is 3.39. The van der Waals surface area contributed by atoms with E-state index in [1.54, 1.807) is 0 Å². The van der Waals surface area contributed by atoms with Gasteiger partial charge in [0.15, 0.2) is 0 Å². The van der Waals surface area contributed by atoms with Gasteiger partial charge in [0.05, 0.1) is 0 Å². The Morgan fingerprint density at radius 3 is 2.71 bits per heavy atom. The first-order chi connectivity index (χ1) is 6.86. The maximum atomic E-state index is 3.39. The van der Waals surface area contributed by atoms with Crippen molar-refractivity contribution < 1.29 is 0 Å². The van der Waals surface area contributed by atoms with Gasteiger partial charge in [0.2, 0.25) is 0 Å². The van der Waals surface area contributed by atoms with Crippen LogP contribution < -0.4 is 5.32 Å². The summed E-state index contributed by atoms with van der Waals surface area (Å²) in [7, 11) is 0. The van der Waals surface area contributed by atoms with Crippen molar-refractivity contribution in [3.8, 4) is 0 Å². The molecule has 0 aromatic heterocycles. The molecule has 2 aliphatic rings. The molecule has 0 aromatic rings. The molecule has 1 N–H and O–H groups in total. The second kappa shape index (κ2) is 4.14. The van der Waals surface area contributed by atoms with Crippen LogP contribution in [0, 0.1) is 0 Å². The largest absolute Gasteiger partial charge is 0.384 e. The van der Waals surface area contributed by atoms with E-state index >= 15 is 0 Å². The van der Waals surface area contributed by atoms with E-state index in [2.05, 4.69) is 61.0 Å². The van der Waals surface area contributed by atoms with Crippen LogP contribution in [0.3, 0.4) is 0 Å². The first-order valence-electron chi connectivity index (χ1n) is 5.03. The van der Waals surface area contributed by atoms with Gasteiger partial charge in [-0.3, -0.25) is 0 Å². The van der Waals surface area contributed by atoms with Crippen LogP contribution in [0.4, 0.5) is 0 Å². The predicted molar refractivity (Wildman–Crippen MR) is 60.8 cm³/mol. The van der Waals surface area contributed by atoms with Crippen molar-refractivity contribution in [2.75, 3.05) is 0 Å². The highest BCUT2D eigenvalue weighted by Gasteiger charge is 2.07. The smallest absolute Gasteiger partial charge is 0.0446 e. The molecule has 0 aliphatic heterocycles. The monoisotopic (exact) mass is 185 g/mol. The lowest BCUT2D eigenvalue weighted by atomic mass is 10.1. The standard InChI is InChI=1S/C13H15N/c1-11(13-8-4-5-9-13)14-10-12-6-2-3-7-12/h2-8,10-11,14H,9H2,1H3/t11-/m0/s1. The average Bonchev–Trinajstić information content (AvgIpc) is 2.87. The van der Waals surface area contributed by atoms with Crippen LogP contribution in [0.2, 0.25) is 0 Å². The summed E-state index contributed by atoms with van der Waals surface area (Å²) in [6.45, 7) is 2.19. The summed E-state index contributed by atoms with van der Waals surface area (Å²) in [6, 6.07) is 0.430. The summed E-state index contributed by atoms with van der Waals surface area (Å²) < 4.78 is 0. The molecule has 2 rings (SSSR count). The first-order valence-corrected chi connectivity index (χ1v) is 5.03. The molecule has 1 heteroatoms. The van der Waals surface area contributed by atoms with Crippen LogP contribution >= 0.6 is 0 Å². The first kappa shape index (κ1) is 9.07. The number of rotatable bonds is 3. The van der Waals surface area contributed by atoms with Crippen LogP contribution in [-0.4, -0.2) is 6.04 Å². The van der Waals surface area contributed by atoms with E-state index in [9.17, 15) is 0 Å². The van der Waals surface area contributed by atoms with Gasteiger partial charge >= 0.3 is 0 Å². The Kier molecular flexibility index (Phi) is 2.68. The van der Waals surface area contributed by atoms with Gasteiger partial charge < -0.3 is 5.32 Å². The van der Waals surface area contributed by atoms with Crippen LogP contribution in [0.25, 0.3) is 0 Å². The van der Waals surface area contributed by atoms with Crippen molar-refractivity contribution in [1.82, 2.24) is 5.32 Å². The molecule has 0 spiro atoms. The molecule has 0 aromatic carbocycles. The molecule has 0 bridgehead atoms. The molecular formula is C13H15N. The topological polar surface area (TPSA) is 12.0 Å². The Balaban J connectivity index is 1.89. The van der Waals surface area contributed by atoms with E-state index in [-0.39, 0.29) is 0 Å². The molecule has 0 fully saturated rings. The van der Waals surface area contributed by atoms with Crippen molar-refractivity contribution in [2.45, 2.75) is 19.4 Å². The third-order valence-electron chi connectivity index (χ3n) is 2.54. The molecule has 0 radical (unpaired) electrons. The zero-order chi connectivity index (χ0) is 9.80. The lowest BCUT2D eigenvalue weighted by molar-refractivity contribution is 0.715. The summed E-state index contributed by atoms with van der Waals surface area (Å²) in [5.41, 5.74) is 2.69. The van der Waals surface area contributed by atoms with E-state index in [1.165, 1.54) is 11.1 Å². The third-order valence-corrected chi connectivity index (χ3v) is 2.54. The Hall–Kier alpha value is -1.50. The minimum atomic E-state index is 0.430. The SMILES string of the molecule is C[C@H](NC=C1C=CC=C1)C1=CC=CC1. The maximum Gasteiger partial charge on any atom is 0.0446 e. The highest BCUT2D eigenvalue weighted by Crippen LogP contribution is 2.15. The molecule has 0 unspecified atom stereocenters. The van der Waals surface area contributed by atoms with Crippen LogP contribution in [0.1, 0.15) is 13.3 Å². The van der Waals surface area contributed by atoms with Crippen LogP contribution in [-0.2, 0) is 0 Å². The molecule has 1 nitrogen and oxygen atoms in total. The summed E-state index contributed by atoms with van der Waals surface area (Å²) in [6.07, 6.45) is 18.0. The highest BCUT2D eigenvalue weighted by atomic mass is 14.9. The van der Waals surface area contributed by atoms with E-state index in [4.69, 9.17) is 0 Å². The molecule has 14 heavy (non-hydrogen) atoms. The number of hydrogen-bond donors (Lipinski definition) is 1. The van der Waals surface area contributed by atoms with Crippen LogP contribution in [0.15, 0.2) is 59.9 Å². The fourth-order valence-electron chi connectivity index (χ4n) is 1.60. The molecule has 72 valence electrons. The van der Waals surface area contributed by atoms with Gasteiger partial charge in [-0.05, 0) is 24.5 Å². The molecule has 0 amide bonds. The molecule has 0 heterocycles. The molecule has 0 saturated carbocycles. The number of nitrogens with one attached hydrogen (secondary N) is 1. The van der Waals surface area contributed by atoms with Crippen molar-refractivity contribution in [3.63, 3.8) is 0 Å². The normalized spacial score (nSPS) is 20.1. The van der Waals surface area contributed by atoms with Crippen molar-refractivity contribution >= 4 is 0 Å². The Morgan fingerprint density at radius 2 is 2.07 bits per heavy atom. The Morgan fingerprint density at radius 1 is 1.29 bits per heavy atom. The van der Waals surface area contributed by atoms with Crippen molar-refractivity contribution in [2.24, 2.45) is 0 Å². The van der Waals surface area contributed by atoms with Gasteiger partial charge in [-0.1, -0.05) is 42.5 Å². The minimum Gasteiger partial charge on any atom is -0.384 e. The van der Waals surface area contributed by atoms with Gasteiger partial charge in [-0.25, -0.2) is 0 Å². The third kappa shape index (κ3) is 2.05. The molecule has 1 atom stereocenters. The molecule has 0 saturated heterocycles. The van der Waals surface area contributed by atoms with Crippen molar-refractivity contribution in [1.29, 1.82) is 0 Å². The number of allylic oxidation sites excluding steroid dienone is 8. The molecule has 2 aliphatic carbocycles. The highest BCUT2D eigenvalue weighted by molar-refractivity contribution is 5.39. The second-order valence-electron chi connectivity index (χ2n) is 3.62. The van der Waals surface area contributed by atoms with Gasteiger partial charge in [-0.2, -0.15) is 0 Å². The fraction of sp³-hybridized carbons (Fsp3) is 0.231. The summed E-state index contributed by atoms with van der Waals surface area (Å²) in [5.74, 6) is 0.